The molecule has 1 aliphatic heterocycles. The molecule has 0 aromatic rings. The number of hydrogen-bond donors (Lipinski definition) is 1. The van der Waals surface area contributed by atoms with Crippen LogP contribution in [0.3, 0.4) is 0 Å². The normalized spacial score (nSPS) is 32.7. The number of carbonyl (C=O) groups is 1. The molecule has 5 atom stereocenters. The van der Waals surface area contributed by atoms with Crippen LogP contribution < -0.4 is 5.32 Å². The lowest BCUT2D eigenvalue weighted by atomic mass is 9.56. The third kappa shape index (κ3) is 5.28. The zero-order valence-electron chi connectivity index (χ0n) is 18.2. The van der Waals surface area contributed by atoms with E-state index < -0.39 is 0 Å². The van der Waals surface area contributed by atoms with Crippen LogP contribution in [0, 0.1) is 23.2 Å². The number of rotatable bonds is 10. The van der Waals surface area contributed by atoms with Crippen molar-refractivity contribution >= 4 is 6.09 Å². The third-order valence-electron chi connectivity index (χ3n) is 6.97. The van der Waals surface area contributed by atoms with Gasteiger partial charge in [-0.25, -0.2) is 4.79 Å². The molecular formula is C23H41NO3. The van der Waals surface area contributed by atoms with Gasteiger partial charge in [0.25, 0.3) is 0 Å². The van der Waals surface area contributed by atoms with Gasteiger partial charge < -0.3 is 14.8 Å². The number of unbranched alkanes of at least 4 members (excludes halogenated alkanes) is 4. The maximum atomic E-state index is 12.1. The molecule has 2 bridgehead atoms. The minimum atomic E-state index is -0.290. The lowest BCUT2D eigenvalue weighted by Gasteiger charge is -2.55. The molecule has 4 nitrogen and oxygen atoms in total. The number of hydrogen-bond acceptors (Lipinski definition) is 3. The Morgan fingerprint density at radius 1 is 1.22 bits per heavy atom. The summed E-state index contributed by atoms with van der Waals surface area (Å²) in [5.41, 5.74) is 1.35. The fourth-order valence-corrected chi connectivity index (χ4v) is 5.04. The van der Waals surface area contributed by atoms with Crippen LogP contribution in [0.5, 0.6) is 0 Å². The van der Waals surface area contributed by atoms with Crippen molar-refractivity contribution in [2.45, 2.75) is 85.7 Å². The molecule has 4 heteroatoms. The smallest absolute Gasteiger partial charge is 0.407 e. The van der Waals surface area contributed by atoms with E-state index in [-0.39, 0.29) is 11.5 Å². The highest BCUT2D eigenvalue weighted by atomic mass is 16.6. The van der Waals surface area contributed by atoms with Crippen molar-refractivity contribution in [3.63, 3.8) is 0 Å². The van der Waals surface area contributed by atoms with Crippen LogP contribution in [0.4, 0.5) is 4.79 Å². The number of amides is 1. The molecule has 27 heavy (non-hydrogen) atoms. The summed E-state index contributed by atoms with van der Waals surface area (Å²) in [6, 6.07) is 0. The van der Waals surface area contributed by atoms with Gasteiger partial charge in [-0.05, 0) is 31.6 Å². The van der Waals surface area contributed by atoms with Gasteiger partial charge in [0.15, 0.2) is 0 Å². The van der Waals surface area contributed by atoms with E-state index in [4.69, 9.17) is 9.47 Å². The quantitative estimate of drug-likeness (QED) is 0.390. The Morgan fingerprint density at radius 3 is 2.67 bits per heavy atom. The molecule has 156 valence electrons. The van der Waals surface area contributed by atoms with Crippen LogP contribution in [-0.2, 0) is 9.47 Å². The van der Waals surface area contributed by atoms with Crippen molar-refractivity contribution in [3.8, 4) is 0 Å². The molecule has 2 rings (SSSR count). The van der Waals surface area contributed by atoms with Crippen LogP contribution in [0.15, 0.2) is 11.6 Å². The van der Waals surface area contributed by atoms with Gasteiger partial charge in [0.05, 0.1) is 12.7 Å². The summed E-state index contributed by atoms with van der Waals surface area (Å²) in [5, 5.41) is 2.86. The van der Waals surface area contributed by atoms with Gasteiger partial charge >= 0.3 is 6.09 Å². The second-order valence-corrected chi connectivity index (χ2v) is 8.80. The van der Waals surface area contributed by atoms with Crippen LogP contribution in [-0.4, -0.2) is 32.0 Å². The van der Waals surface area contributed by atoms with Crippen LogP contribution in [0.25, 0.3) is 0 Å². The summed E-state index contributed by atoms with van der Waals surface area (Å²) in [6.07, 6.45) is 10.7. The first kappa shape index (κ1) is 22.3. The number of alkyl carbamates (subject to hydrolysis) is 1. The summed E-state index contributed by atoms with van der Waals surface area (Å²) in [7, 11) is 0. The largest absolute Gasteiger partial charge is 0.449 e. The van der Waals surface area contributed by atoms with Gasteiger partial charge in [-0.3, -0.25) is 0 Å². The first-order chi connectivity index (χ1) is 13.0. The molecule has 0 radical (unpaired) electrons. The number of fused-ring (bicyclic) bond motifs is 2. The third-order valence-corrected chi connectivity index (χ3v) is 6.97. The molecule has 0 aromatic carbocycles. The monoisotopic (exact) mass is 379 g/mol. The minimum absolute atomic E-state index is 0.105. The zero-order chi connectivity index (χ0) is 19.9. The predicted molar refractivity (Wildman–Crippen MR) is 111 cm³/mol. The summed E-state index contributed by atoms with van der Waals surface area (Å²) >= 11 is 0. The lowest BCUT2D eigenvalue weighted by molar-refractivity contribution is -0.165. The standard InChI is InChI=1S/C23H41NO3/c1-6-8-10-11-12-20-21-17(3)14-18(4)23(15-26-20,19(21)5)16-27-22(25)24-13-9-7-2/h14,18-21H,6-13,15-16H2,1-5H3,(H,24,25)/t18-,19-,20-,21-,23+/m0/s1. The summed E-state index contributed by atoms with van der Waals surface area (Å²) in [4.78, 5) is 12.1. The van der Waals surface area contributed by atoms with Crippen molar-refractivity contribution in [2.75, 3.05) is 19.8 Å². The fraction of sp³-hybridized carbons (Fsp3) is 0.870. The fourth-order valence-electron chi connectivity index (χ4n) is 5.04. The van der Waals surface area contributed by atoms with Gasteiger partial charge in [0, 0.05) is 17.9 Å². The van der Waals surface area contributed by atoms with E-state index in [2.05, 4.69) is 46.0 Å². The van der Waals surface area contributed by atoms with E-state index >= 15 is 0 Å². The van der Waals surface area contributed by atoms with Crippen LogP contribution in [0.2, 0.25) is 0 Å². The van der Waals surface area contributed by atoms with E-state index in [0.29, 0.717) is 43.6 Å². The van der Waals surface area contributed by atoms with Crippen molar-refractivity contribution in [1.29, 1.82) is 0 Å². The number of allylic oxidation sites excluding steroid dienone is 1. The Morgan fingerprint density at radius 2 is 1.96 bits per heavy atom. The summed E-state index contributed by atoms with van der Waals surface area (Å²) < 4.78 is 12.1. The second kappa shape index (κ2) is 10.5. The predicted octanol–water partition coefficient (Wildman–Crippen LogP) is 5.72. The van der Waals surface area contributed by atoms with Crippen molar-refractivity contribution in [2.24, 2.45) is 23.2 Å². The van der Waals surface area contributed by atoms with Gasteiger partial charge in [-0.2, -0.15) is 0 Å². The molecule has 1 amide bonds. The Bertz CT molecular complexity index is 504. The Balaban J connectivity index is 2.00. The molecule has 1 saturated heterocycles. The average molecular weight is 380 g/mol. The van der Waals surface area contributed by atoms with Crippen molar-refractivity contribution < 1.29 is 14.3 Å². The van der Waals surface area contributed by atoms with Gasteiger partial charge in [-0.15, -0.1) is 0 Å². The van der Waals surface area contributed by atoms with Crippen LogP contribution >= 0.6 is 0 Å². The first-order valence-electron chi connectivity index (χ1n) is 11.2. The van der Waals surface area contributed by atoms with Gasteiger partial charge in [-0.1, -0.05) is 71.4 Å². The van der Waals surface area contributed by atoms with E-state index in [9.17, 15) is 4.79 Å². The Labute approximate surface area is 166 Å². The second-order valence-electron chi connectivity index (χ2n) is 8.80. The maximum Gasteiger partial charge on any atom is 0.407 e. The minimum Gasteiger partial charge on any atom is -0.449 e. The molecule has 1 fully saturated rings. The van der Waals surface area contributed by atoms with Crippen molar-refractivity contribution in [3.05, 3.63) is 11.6 Å². The summed E-state index contributed by atoms with van der Waals surface area (Å²) in [6.45, 7) is 13.0. The van der Waals surface area contributed by atoms with Crippen LogP contribution in [0.1, 0.15) is 79.6 Å². The van der Waals surface area contributed by atoms with E-state index in [1.165, 1.54) is 31.3 Å². The lowest BCUT2D eigenvalue weighted by Crippen LogP contribution is -2.57. The molecule has 0 aromatic heterocycles. The number of nitrogens with one attached hydrogen (secondary N) is 1. The highest BCUT2D eigenvalue weighted by molar-refractivity contribution is 5.67. The van der Waals surface area contributed by atoms with Gasteiger partial charge in [0.2, 0.25) is 0 Å². The molecular weight excluding hydrogens is 338 g/mol. The number of carbonyl (C=O) groups excluding carboxylic acids is 1. The molecule has 1 aliphatic carbocycles. The zero-order valence-corrected chi connectivity index (χ0v) is 18.2. The van der Waals surface area contributed by atoms with Crippen molar-refractivity contribution in [1.82, 2.24) is 5.32 Å². The Hall–Kier alpha value is -1.03. The molecule has 1 heterocycles. The molecule has 0 unspecified atom stereocenters. The molecule has 1 N–H and O–H groups in total. The molecule has 0 spiro atoms. The van der Waals surface area contributed by atoms with E-state index in [1.54, 1.807) is 0 Å². The molecule has 2 aliphatic rings. The van der Waals surface area contributed by atoms with Gasteiger partial charge in [0.1, 0.15) is 6.61 Å². The number of ether oxygens (including phenoxy) is 2. The average Bonchev–Trinajstić information content (AvgIpc) is 2.63. The van der Waals surface area contributed by atoms with E-state index in [0.717, 1.165) is 19.3 Å². The SMILES string of the molecule is CCCCCC[C@@H]1OC[C@@]2(COC(=O)NCCCC)[C@@H](C)C=C(C)[C@H]1[C@@H]2C. The first-order valence-corrected chi connectivity index (χ1v) is 11.2. The Kier molecular flexibility index (Phi) is 8.65. The molecule has 0 saturated carbocycles. The van der Waals surface area contributed by atoms with E-state index in [1.807, 2.05) is 0 Å². The highest BCUT2D eigenvalue weighted by Gasteiger charge is 2.53. The summed E-state index contributed by atoms with van der Waals surface area (Å²) in [5.74, 6) is 1.27. The topological polar surface area (TPSA) is 47.6 Å². The maximum absolute atomic E-state index is 12.1. The highest BCUT2D eigenvalue weighted by Crippen LogP contribution is 2.53.